The molecule has 0 atom stereocenters. The first-order valence-electron chi connectivity index (χ1n) is 7.51. The second kappa shape index (κ2) is 6.20. The minimum absolute atomic E-state index is 0.122. The van der Waals surface area contributed by atoms with Crippen molar-refractivity contribution in [3.8, 4) is 0 Å². The molecule has 0 bridgehead atoms. The summed E-state index contributed by atoms with van der Waals surface area (Å²) in [5.74, 6) is -0.409. The smallest absolute Gasteiger partial charge is 0.261 e. The van der Waals surface area contributed by atoms with Gasteiger partial charge in [-0.1, -0.05) is 15.9 Å². The van der Waals surface area contributed by atoms with Gasteiger partial charge in [0, 0.05) is 30.5 Å². The van der Waals surface area contributed by atoms with Crippen molar-refractivity contribution in [2.75, 3.05) is 19.6 Å². The molecular formula is C16H17BrN2O3. The molecule has 0 spiro atoms. The van der Waals surface area contributed by atoms with Crippen LogP contribution in [0.25, 0.3) is 0 Å². The lowest BCUT2D eigenvalue weighted by atomic mass is 10.1. The van der Waals surface area contributed by atoms with E-state index in [4.69, 9.17) is 0 Å². The monoisotopic (exact) mass is 364 g/mol. The number of likely N-dealkylation sites (tertiary alicyclic amines) is 1. The largest absolute Gasteiger partial charge is 0.343 e. The maximum atomic E-state index is 12.3. The first-order chi connectivity index (χ1) is 10.6. The zero-order valence-electron chi connectivity index (χ0n) is 12.2. The van der Waals surface area contributed by atoms with Gasteiger partial charge in [0.2, 0.25) is 5.91 Å². The maximum Gasteiger partial charge on any atom is 0.261 e. The molecule has 0 aliphatic carbocycles. The van der Waals surface area contributed by atoms with E-state index in [2.05, 4.69) is 15.9 Å². The van der Waals surface area contributed by atoms with E-state index in [0.717, 1.165) is 30.4 Å². The third-order valence-electron chi connectivity index (χ3n) is 4.16. The Balaban J connectivity index is 1.59. The number of amides is 3. The average molecular weight is 365 g/mol. The van der Waals surface area contributed by atoms with Crippen LogP contribution in [0.5, 0.6) is 0 Å². The molecular weight excluding hydrogens is 348 g/mol. The Morgan fingerprint density at radius 1 is 1.09 bits per heavy atom. The molecule has 1 aromatic carbocycles. The number of imide groups is 1. The van der Waals surface area contributed by atoms with E-state index in [0.29, 0.717) is 30.5 Å². The summed E-state index contributed by atoms with van der Waals surface area (Å²) in [5, 5.41) is 0. The van der Waals surface area contributed by atoms with Gasteiger partial charge >= 0.3 is 0 Å². The number of hydrogen-bond acceptors (Lipinski definition) is 3. The predicted octanol–water partition coefficient (Wildman–Crippen LogP) is 2.45. The lowest BCUT2D eigenvalue weighted by Gasteiger charge is -2.17. The number of nitrogens with zero attached hydrogens (tertiary/aromatic N) is 2. The molecule has 0 unspecified atom stereocenters. The van der Waals surface area contributed by atoms with Crippen LogP contribution in [0.3, 0.4) is 0 Å². The number of benzene rings is 1. The number of halogens is 1. The summed E-state index contributed by atoms with van der Waals surface area (Å²) in [6.45, 7) is 1.96. The summed E-state index contributed by atoms with van der Waals surface area (Å²) in [4.78, 5) is 39.6. The van der Waals surface area contributed by atoms with Gasteiger partial charge in [0.05, 0.1) is 11.1 Å². The molecule has 0 saturated carbocycles. The summed E-state index contributed by atoms with van der Waals surface area (Å²) < 4.78 is 0.776. The number of hydrogen-bond donors (Lipinski definition) is 0. The standard InChI is InChI=1S/C16H17BrN2O3/c17-11-5-6-12-13(10-11)16(22)19(15(12)21)9-3-4-14(20)18-7-1-2-8-18/h5-6,10H,1-4,7-9H2. The molecule has 22 heavy (non-hydrogen) atoms. The van der Waals surface area contributed by atoms with Crippen molar-refractivity contribution in [2.45, 2.75) is 25.7 Å². The van der Waals surface area contributed by atoms with Crippen molar-refractivity contribution < 1.29 is 14.4 Å². The van der Waals surface area contributed by atoms with Crippen LogP contribution in [0.4, 0.5) is 0 Å². The van der Waals surface area contributed by atoms with Gasteiger partial charge in [-0.2, -0.15) is 0 Å². The number of carbonyl (C=O) groups excluding carboxylic acids is 3. The summed E-state index contributed by atoms with van der Waals surface area (Å²) >= 11 is 3.31. The van der Waals surface area contributed by atoms with Crippen LogP contribution in [-0.4, -0.2) is 47.2 Å². The average Bonchev–Trinajstić information content (AvgIpc) is 3.10. The molecule has 0 N–H and O–H groups in total. The highest BCUT2D eigenvalue weighted by Crippen LogP contribution is 2.26. The molecule has 5 nitrogen and oxygen atoms in total. The van der Waals surface area contributed by atoms with E-state index in [9.17, 15) is 14.4 Å². The van der Waals surface area contributed by atoms with Crippen LogP contribution in [-0.2, 0) is 4.79 Å². The van der Waals surface area contributed by atoms with Crippen LogP contribution in [0.15, 0.2) is 22.7 Å². The predicted molar refractivity (Wildman–Crippen MR) is 84.6 cm³/mol. The van der Waals surface area contributed by atoms with Crippen molar-refractivity contribution in [1.82, 2.24) is 9.80 Å². The van der Waals surface area contributed by atoms with Crippen LogP contribution in [0, 0.1) is 0 Å². The third-order valence-corrected chi connectivity index (χ3v) is 4.66. The molecule has 2 aliphatic heterocycles. The first kappa shape index (κ1) is 15.2. The minimum Gasteiger partial charge on any atom is -0.343 e. The highest BCUT2D eigenvalue weighted by Gasteiger charge is 2.35. The van der Waals surface area contributed by atoms with Gasteiger partial charge < -0.3 is 4.90 Å². The van der Waals surface area contributed by atoms with Crippen molar-refractivity contribution in [1.29, 1.82) is 0 Å². The minimum atomic E-state index is -0.269. The highest BCUT2D eigenvalue weighted by molar-refractivity contribution is 9.10. The van der Waals surface area contributed by atoms with Gasteiger partial charge in [-0.15, -0.1) is 0 Å². The molecule has 6 heteroatoms. The zero-order chi connectivity index (χ0) is 15.7. The molecule has 1 fully saturated rings. The third kappa shape index (κ3) is 2.79. The maximum absolute atomic E-state index is 12.3. The zero-order valence-corrected chi connectivity index (χ0v) is 13.8. The summed E-state index contributed by atoms with van der Waals surface area (Å²) in [6.07, 6.45) is 3.04. The van der Waals surface area contributed by atoms with E-state index in [-0.39, 0.29) is 17.7 Å². The summed E-state index contributed by atoms with van der Waals surface area (Å²) in [7, 11) is 0. The SMILES string of the molecule is O=C(CCCN1C(=O)c2ccc(Br)cc2C1=O)N1CCCC1. The van der Waals surface area contributed by atoms with Crippen molar-refractivity contribution >= 4 is 33.7 Å². The molecule has 116 valence electrons. The Kier molecular flexibility index (Phi) is 4.29. The normalized spacial score (nSPS) is 17.3. The van der Waals surface area contributed by atoms with Gasteiger partial charge in [0.1, 0.15) is 0 Å². The van der Waals surface area contributed by atoms with Crippen LogP contribution >= 0.6 is 15.9 Å². The van der Waals surface area contributed by atoms with Crippen LogP contribution < -0.4 is 0 Å². The second-order valence-corrected chi connectivity index (χ2v) is 6.56. The van der Waals surface area contributed by atoms with Gasteiger partial charge in [-0.3, -0.25) is 19.3 Å². The Hall–Kier alpha value is -1.69. The number of rotatable bonds is 4. The lowest BCUT2D eigenvalue weighted by Crippen LogP contribution is -2.32. The van der Waals surface area contributed by atoms with Crippen LogP contribution in [0.1, 0.15) is 46.4 Å². The molecule has 3 rings (SSSR count). The quantitative estimate of drug-likeness (QED) is 0.771. The summed E-state index contributed by atoms with van der Waals surface area (Å²) in [5.41, 5.74) is 0.879. The first-order valence-corrected chi connectivity index (χ1v) is 8.31. The van der Waals surface area contributed by atoms with Gasteiger partial charge in [-0.25, -0.2) is 0 Å². The van der Waals surface area contributed by atoms with E-state index in [1.54, 1.807) is 18.2 Å². The fraction of sp³-hybridized carbons (Fsp3) is 0.438. The summed E-state index contributed by atoms with van der Waals surface area (Å²) in [6, 6.07) is 5.09. The van der Waals surface area contributed by atoms with Gasteiger partial charge in [-0.05, 0) is 37.5 Å². The Morgan fingerprint density at radius 2 is 1.77 bits per heavy atom. The van der Waals surface area contributed by atoms with E-state index in [1.165, 1.54) is 4.90 Å². The molecule has 2 aliphatic rings. The van der Waals surface area contributed by atoms with Crippen molar-refractivity contribution in [2.24, 2.45) is 0 Å². The van der Waals surface area contributed by atoms with Gasteiger partial charge in [0.15, 0.2) is 0 Å². The Bertz CT molecular complexity index is 638. The van der Waals surface area contributed by atoms with Crippen LogP contribution in [0.2, 0.25) is 0 Å². The fourth-order valence-electron chi connectivity index (χ4n) is 2.98. The topological polar surface area (TPSA) is 57.7 Å². The number of fused-ring (bicyclic) bond motifs is 1. The number of carbonyl (C=O) groups is 3. The van der Waals surface area contributed by atoms with E-state index < -0.39 is 0 Å². The fourth-order valence-corrected chi connectivity index (χ4v) is 3.34. The second-order valence-electron chi connectivity index (χ2n) is 5.64. The molecule has 0 radical (unpaired) electrons. The molecule has 1 aromatic rings. The van der Waals surface area contributed by atoms with Crippen molar-refractivity contribution in [3.63, 3.8) is 0 Å². The van der Waals surface area contributed by atoms with E-state index >= 15 is 0 Å². The molecule has 2 heterocycles. The lowest BCUT2D eigenvalue weighted by molar-refractivity contribution is -0.130. The van der Waals surface area contributed by atoms with Gasteiger partial charge in [0.25, 0.3) is 11.8 Å². The highest BCUT2D eigenvalue weighted by atomic mass is 79.9. The van der Waals surface area contributed by atoms with Crippen molar-refractivity contribution in [3.05, 3.63) is 33.8 Å². The molecule has 0 aromatic heterocycles. The Morgan fingerprint density at radius 3 is 2.50 bits per heavy atom. The molecule has 1 saturated heterocycles. The Labute approximate surface area is 137 Å². The van der Waals surface area contributed by atoms with E-state index in [1.807, 2.05) is 4.90 Å². The molecule has 3 amide bonds.